The molecule has 0 aromatic carbocycles. The Morgan fingerprint density at radius 1 is 1.71 bits per heavy atom. The Bertz CT molecular complexity index is 751. The fraction of sp³-hybridized carbons (Fsp3) is 0.455. The summed E-state index contributed by atoms with van der Waals surface area (Å²) in [6.45, 7) is -0.221. The molecule has 2 aromatic heterocycles. The summed E-state index contributed by atoms with van der Waals surface area (Å²) in [5.41, 5.74) is 6.19. The Hall–Kier alpha value is -2.46. The summed E-state index contributed by atoms with van der Waals surface area (Å²) in [6, 6.07) is 0. The number of ether oxygens (including phenoxy) is 1. The van der Waals surface area contributed by atoms with Gasteiger partial charge in [-0.15, -0.1) is 0 Å². The van der Waals surface area contributed by atoms with E-state index in [0.717, 1.165) is 0 Å². The number of H-pyrrole nitrogens is 1. The van der Waals surface area contributed by atoms with Crippen LogP contribution in [0.1, 0.15) is 12.6 Å². The Balaban J connectivity index is 2.02. The zero-order chi connectivity index (χ0) is 15.0. The van der Waals surface area contributed by atoms with Gasteiger partial charge in [0.05, 0.1) is 18.6 Å². The van der Waals surface area contributed by atoms with Crippen LogP contribution in [0.4, 0.5) is 5.95 Å². The zero-order valence-corrected chi connectivity index (χ0v) is 11.2. The van der Waals surface area contributed by atoms with Gasteiger partial charge in [0.15, 0.2) is 11.2 Å². The van der Waals surface area contributed by atoms with Crippen LogP contribution in [0.15, 0.2) is 16.3 Å². The van der Waals surface area contributed by atoms with Gasteiger partial charge in [0.2, 0.25) is 5.95 Å². The number of aliphatic hydroxyl groups excluding tert-OH is 1. The molecule has 1 saturated heterocycles. The maximum atomic E-state index is 11.7. The van der Waals surface area contributed by atoms with Crippen LogP contribution in [0.3, 0.4) is 0 Å². The molecule has 0 unspecified atom stereocenters. The number of anilines is 1. The van der Waals surface area contributed by atoms with Crippen LogP contribution in [-0.2, 0) is 9.57 Å². The van der Waals surface area contributed by atoms with Crippen molar-refractivity contribution in [1.82, 2.24) is 19.5 Å². The number of hydrogen-bond donors (Lipinski definition) is 3. The lowest BCUT2D eigenvalue weighted by Crippen LogP contribution is -2.20. The number of fused-ring (bicyclic) bond motifs is 1. The summed E-state index contributed by atoms with van der Waals surface area (Å²) in [7, 11) is 1.42. The van der Waals surface area contributed by atoms with Crippen molar-refractivity contribution in [2.75, 3.05) is 19.5 Å². The van der Waals surface area contributed by atoms with E-state index in [1.54, 1.807) is 4.57 Å². The van der Waals surface area contributed by atoms with Crippen molar-refractivity contribution in [2.24, 2.45) is 5.16 Å². The summed E-state index contributed by atoms with van der Waals surface area (Å²) in [4.78, 5) is 26.9. The van der Waals surface area contributed by atoms with Gasteiger partial charge < -0.3 is 20.4 Å². The van der Waals surface area contributed by atoms with Crippen LogP contribution in [0.25, 0.3) is 11.2 Å². The smallest absolute Gasteiger partial charge is 0.280 e. The summed E-state index contributed by atoms with van der Waals surface area (Å²) in [5, 5.41) is 13.1. The van der Waals surface area contributed by atoms with Crippen LogP contribution >= 0.6 is 0 Å². The summed E-state index contributed by atoms with van der Waals surface area (Å²) in [6.07, 6.45) is 0.779. The molecule has 1 aliphatic rings. The van der Waals surface area contributed by atoms with E-state index in [1.165, 1.54) is 13.4 Å². The van der Waals surface area contributed by atoms with E-state index < -0.39 is 17.9 Å². The summed E-state index contributed by atoms with van der Waals surface area (Å²) < 4.78 is 7.26. The molecular weight excluding hydrogens is 280 g/mol. The number of nitrogens with zero attached hydrogens (tertiary/aromatic N) is 4. The Kier molecular flexibility index (Phi) is 3.31. The van der Waals surface area contributed by atoms with E-state index >= 15 is 0 Å². The highest BCUT2D eigenvalue weighted by Crippen LogP contribution is 2.28. The molecule has 10 nitrogen and oxygen atoms in total. The molecule has 0 saturated carbocycles. The van der Waals surface area contributed by atoms with Gasteiger partial charge in [-0.25, -0.2) is 4.98 Å². The van der Waals surface area contributed by atoms with Gasteiger partial charge in [0.25, 0.3) is 5.56 Å². The zero-order valence-electron chi connectivity index (χ0n) is 11.2. The Morgan fingerprint density at radius 2 is 2.52 bits per heavy atom. The predicted octanol–water partition coefficient (Wildman–Crippen LogP) is -1.02. The van der Waals surface area contributed by atoms with Crippen molar-refractivity contribution in [2.45, 2.75) is 18.8 Å². The van der Waals surface area contributed by atoms with Crippen molar-refractivity contribution < 1.29 is 14.7 Å². The number of aromatic nitrogens is 4. The molecule has 21 heavy (non-hydrogen) atoms. The first kappa shape index (κ1) is 13.5. The van der Waals surface area contributed by atoms with Gasteiger partial charge in [0, 0.05) is 6.42 Å². The van der Waals surface area contributed by atoms with Crippen LogP contribution in [0.5, 0.6) is 0 Å². The monoisotopic (exact) mass is 294 g/mol. The number of aliphatic hydroxyl groups is 1. The first-order valence-corrected chi connectivity index (χ1v) is 6.22. The van der Waals surface area contributed by atoms with Crippen LogP contribution in [0.2, 0.25) is 0 Å². The van der Waals surface area contributed by atoms with Crippen molar-refractivity contribution in [3.63, 3.8) is 0 Å². The molecule has 0 aliphatic carbocycles. The van der Waals surface area contributed by atoms with Gasteiger partial charge in [-0.05, 0) is 0 Å². The van der Waals surface area contributed by atoms with E-state index in [9.17, 15) is 9.90 Å². The molecule has 0 bridgehead atoms. The molecular formula is C11H14N6O4. The molecule has 1 aliphatic heterocycles. The number of rotatable bonds is 3. The highest BCUT2D eigenvalue weighted by molar-refractivity contribution is 5.90. The third-order valence-corrected chi connectivity index (χ3v) is 3.21. The molecule has 0 radical (unpaired) electrons. The molecule has 112 valence electrons. The minimum Gasteiger partial charge on any atom is -0.399 e. The number of nitrogens with two attached hydrogens (primary N) is 1. The largest absolute Gasteiger partial charge is 0.399 e. The van der Waals surface area contributed by atoms with Gasteiger partial charge in [-0.2, -0.15) is 4.98 Å². The van der Waals surface area contributed by atoms with Crippen molar-refractivity contribution in [3.8, 4) is 0 Å². The summed E-state index contributed by atoms with van der Waals surface area (Å²) >= 11 is 0. The lowest BCUT2D eigenvalue weighted by Gasteiger charge is -2.12. The number of hydrogen-bond acceptors (Lipinski definition) is 8. The average Bonchev–Trinajstić information content (AvgIpc) is 3.02. The van der Waals surface area contributed by atoms with Gasteiger partial charge in [-0.3, -0.25) is 14.3 Å². The van der Waals surface area contributed by atoms with Crippen molar-refractivity contribution in [1.29, 1.82) is 0 Å². The average molecular weight is 294 g/mol. The number of nitrogens with one attached hydrogen (secondary N) is 1. The van der Waals surface area contributed by atoms with E-state index in [0.29, 0.717) is 17.8 Å². The highest BCUT2D eigenvalue weighted by Gasteiger charge is 2.34. The Morgan fingerprint density at radius 3 is 3.24 bits per heavy atom. The first-order chi connectivity index (χ1) is 10.1. The minimum absolute atomic E-state index is 0.00302. The predicted molar refractivity (Wildman–Crippen MR) is 72.6 cm³/mol. The van der Waals surface area contributed by atoms with Crippen molar-refractivity contribution in [3.05, 3.63) is 16.7 Å². The molecule has 0 spiro atoms. The topological polar surface area (TPSA) is 141 Å². The van der Waals surface area contributed by atoms with Crippen molar-refractivity contribution >= 4 is 22.8 Å². The van der Waals surface area contributed by atoms with E-state index in [1.807, 2.05) is 0 Å². The minimum atomic E-state index is -0.563. The third-order valence-electron chi connectivity index (χ3n) is 3.21. The van der Waals surface area contributed by atoms with E-state index in [2.05, 4.69) is 20.1 Å². The lowest BCUT2D eigenvalue weighted by molar-refractivity contribution is -0.0109. The lowest BCUT2D eigenvalue weighted by atomic mass is 10.2. The fourth-order valence-electron chi connectivity index (χ4n) is 2.31. The standard InChI is InChI=1S/C11H14N6O4/c1-20-16-5-2-7(21-6(5)3-18)17-4-13-8-9(17)14-11(12)15-10(8)19/h4,6-7,18H,2-3H2,1H3,(H3,12,14,15,19)/b16-5-/t6-,7-/m1/s1. The number of imidazole rings is 1. The van der Waals surface area contributed by atoms with Crippen LogP contribution in [0, 0.1) is 0 Å². The molecule has 4 N–H and O–H groups in total. The second kappa shape index (κ2) is 5.14. The van der Waals surface area contributed by atoms with E-state index in [4.69, 9.17) is 15.3 Å². The quantitative estimate of drug-likeness (QED) is 0.615. The third kappa shape index (κ3) is 2.23. The highest BCUT2D eigenvalue weighted by atomic mass is 16.6. The van der Waals surface area contributed by atoms with Gasteiger partial charge in [-0.1, -0.05) is 5.16 Å². The second-order valence-corrected chi connectivity index (χ2v) is 4.51. The number of nitrogen functional groups attached to an aromatic ring is 1. The number of oxime groups is 1. The molecule has 2 atom stereocenters. The maximum absolute atomic E-state index is 11.7. The molecule has 10 heteroatoms. The molecule has 3 heterocycles. The molecule has 2 aromatic rings. The van der Waals surface area contributed by atoms with Crippen LogP contribution < -0.4 is 11.3 Å². The second-order valence-electron chi connectivity index (χ2n) is 4.51. The molecule has 0 amide bonds. The van der Waals surface area contributed by atoms with Gasteiger partial charge >= 0.3 is 0 Å². The molecule has 3 rings (SSSR count). The molecule has 1 fully saturated rings. The first-order valence-electron chi connectivity index (χ1n) is 6.22. The fourth-order valence-corrected chi connectivity index (χ4v) is 2.31. The maximum Gasteiger partial charge on any atom is 0.280 e. The van der Waals surface area contributed by atoms with Crippen LogP contribution in [-0.4, -0.2) is 50.2 Å². The van der Waals surface area contributed by atoms with E-state index in [-0.39, 0.29) is 18.1 Å². The normalized spacial score (nSPS) is 24.0. The number of aromatic amines is 1. The van der Waals surface area contributed by atoms with Gasteiger partial charge in [0.1, 0.15) is 19.4 Å². The SMILES string of the molecule is CO/N=C1/C[C@H](n2cnc3c(=O)[nH]c(N)nc32)O[C@@H]1CO. The summed E-state index contributed by atoms with van der Waals surface area (Å²) in [5.74, 6) is -0.00302. The Labute approximate surface area is 118 Å².